The topological polar surface area (TPSA) is 60.6 Å². The summed E-state index contributed by atoms with van der Waals surface area (Å²) in [5, 5.41) is 4.37. The van der Waals surface area contributed by atoms with Crippen molar-refractivity contribution in [3.05, 3.63) is 36.0 Å². The van der Waals surface area contributed by atoms with Gasteiger partial charge in [-0.3, -0.25) is 14.6 Å². The van der Waals surface area contributed by atoms with Gasteiger partial charge in [0.05, 0.1) is 25.3 Å². The fourth-order valence-electron chi connectivity index (χ4n) is 4.86. The highest BCUT2D eigenvalue weighted by Crippen LogP contribution is 2.32. The molecule has 1 aromatic carbocycles. The number of benzene rings is 1. The number of carbonyl (C=O) groups is 1. The van der Waals surface area contributed by atoms with Crippen LogP contribution in [-0.4, -0.2) is 72.7 Å². The van der Waals surface area contributed by atoms with Crippen LogP contribution in [0.15, 0.2) is 30.3 Å². The second-order valence-electron chi connectivity index (χ2n) is 9.24. The molecule has 2 fully saturated rings. The van der Waals surface area contributed by atoms with E-state index >= 15 is 0 Å². The van der Waals surface area contributed by atoms with Crippen LogP contribution in [0.5, 0.6) is 0 Å². The fraction of sp³-hybridized carbons (Fsp3) is 0.625. The molecular formula is C24H36N4O2. The van der Waals surface area contributed by atoms with Crippen molar-refractivity contribution in [2.75, 3.05) is 45.9 Å². The molecule has 0 spiro atoms. The molecule has 164 valence electrons. The number of para-hydroxylation sites is 1. The minimum Gasteiger partial charge on any atom is -0.374 e. The third kappa shape index (κ3) is 5.42. The zero-order chi connectivity index (χ0) is 20.9. The number of carbonyl (C=O) groups excluding carboxylic acids is 1. The number of rotatable bonds is 7. The van der Waals surface area contributed by atoms with Crippen LogP contribution < -0.4 is 5.32 Å². The zero-order valence-corrected chi connectivity index (χ0v) is 18.4. The summed E-state index contributed by atoms with van der Waals surface area (Å²) in [6.07, 6.45) is 3.54. The number of amides is 1. The van der Waals surface area contributed by atoms with Gasteiger partial charge in [0.25, 0.3) is 0 Å². The molecule has 2 aliphatic rings. The number of morpholine rings is 1. The van der Waals surface area contributed by atoms with Gasteiger partial charge in [0, 0.05) is 37.4 Å². The maximum atomic E-state index is 12.7. The van der Waals surface area contributed by atoms with Crippen molar-refractivity contribution in [1.29, 1.82) is 0 Å². The van der Waals surface area contributed by atoms with Crippen molar-refractivity contribution in [3.8, 4) is 0 Å². The molecule has 0 saturated carbocycles. The van der Waals surface area contributed by atoms with E-state index in [2.05, 4.69) is 64.3 Å². The first kappa shape index (κ1) is 21.3. The molecule has 1 aromatic heterocycles. The predicted octanol–water partition coefficient (Wildman–Crippen LogP) is 3.17. The Morgan fingerprint density at radius 3 is 2.97 bits per heavy atom. The lowest BCUT2D eigenvalue weighted by molar-refractivity contribution is -0.124. The van der Waals surface area contributed by atoms with E-state index in [1.165, 1.54) is 23.0 Å². The van der Waals surface area contributed by atoms with E-state index in [1.807, 2.05) is 0 Å². The minimum absolute atomic E-state index is 0.0901. The van der Waals surface area contributed by atoms with Crippen LogP contribution in [0.4, 0.5) is 0 Å². The molecule has 2 aliphatic heterocycles. The van der Waals surface area contributed by atoms with E-state index in [9.17, 15) is 4.79 Å². The van der Waals surface area contributed by atoms with Gasteiger partial charge in [-0.25, -0.2) is 0 Å². The number of piperidine rings is 1. The van der Waals surface area contributed by atoms with E-state index in [4.69, 9.17) is 4.74 Å². The van der Waals surface area contributed by atoms with Crippen LogP contribution in [0, 0.1) is 5.92 Å². The van der Waals surface area contributed by atoms with Crippen LogP contribution in [0.25, 0.3) is 10.9 Å². The van der Waals surface area contributed by atoms with Crippen molar-refractivity contribution < 1.29 is 9.53 Å². The van der Waals surface area contributed by atoms with Gasteiger partial charge in [-0.1, -0.05) is 38.5 Å². The smallest absolute Gasteiger partial charge is 0.234 e. The van der Waals surface area contributed by atoms with Crippen molar-refractivity contribution in [2.45, 2.75) is 45.3 Å². The minimum atomic E-state index is 0.0901. The standard InChI is InChI=1S/C24H36N4O2/c1-18(2)15-27-11-12-30-20(16-27)14-25-24(29)17-28-10-6-5-9-23(28)22-13-19-7-3-4-8-21(19)26-22/h3-4,7-8,13,18,20,23,26H,5-6,9-12,14-17H2,1-2H3,(H,25,29). The summed E-state index contributed by atoms with van der Waals surface area (Å²) < 4.78 is 5.88. The second-order valence-corrected chi connectivity index (χ2v) is 9.24. The number of likely N-dealkylation sites (tertiary alicyclic amines) is 1. The molecule has 2 unspecified atom stereocenters. The summed E-state index contributed by atoms with van der Waals surface area (Å²) in [5.41, 5.74) is 2.39. The average Bonchev–Trinajstić information content (AvgIpc) is 3.16. The second kappa shape index (κ2) is 9.94. The number of H-pyrrole nitrogens is 1. The van der Waals surface area contributed by atoms with Gasteiger partial charge < -0.3 is 15.0 Å². The van der Waals surface area contributed by atoms with E-state index < -0.39 is 0 Å². The number of hydrogen-bond acceptors (Lipinski definition) is 4. The number of aromatic nitrogens is 1. The summed E-state index contributed by atoms with van der Waals surface area (Å²) in [5.74, 6) is 0.751. The molecule has 4 rings (SSSR count). The Kier molecular flexibility index (Phi) is 7.08. The first-order chi connectivity index (χ1) is 14.6. The van der Waals surface area contributed by atoms with Gasteiger partial charge in [0.1, 0.15) is 0 Å². The molecule has 30 heavy (non-hydrogen) atoms. The van der Waals surface area contributed by atoms with Gasteiger partial charge >= 0.3 is 0 Å². The molecule has 2 N–H and O–H groups in total. The molecule has 6 heteroatoms. The average molecular weight is 413 g/mol. The zero-order valence-electron chi connectivity index (χ0n) is 18.4. The summed E-state index contributed by atoms with van der Waals surface area (Å²) in [6.45, 7) is 10.2. The van der Waals surface area contributed by atoms with Gasteiger partial charge in [-0.2, -0.15) is 0 Å². The van der Waals surface area contributed by atoms with E-state index in [0.717, 1.165) is 45.6 Å². The van der Waals surface area contributed by atoms with Crippen LogP contribution in [0.1, 0.15) is 44.8 Å². The van der Waals surface area contributed by atoms with Crippen LogP contribution in [0.3, 0.4) is 0 Å². The summed E-state index contributed by atoms with van der Waals surface area (Å²) in [6, 6.07) is 10.9. The Balaban J connectivity index is 1.31. The van der Waals surface area contributed by atoms with Crippen LogP contribution in [0.2, 0.25) is 0 Å². The maximum absolute atomic E-state index is 12.7. The third-order valence-corrected chi connectivity index (χ3v) is 6.24. The summed E-state index contributed by atoms with van der Waals surface area (Å²) >= 11 is 0. The molecular weight excluding hydrogens is 376 g/mol. The Bertz CT molecular complexity index is 800. The normalized spacial score (nSPS) is 23.8. The number of hydrogen-bond donors (Lipinski definition) is 2. The SMILES string of the molecule is CC(C)CN1CCOC(CNC(=O)CN2CCCCC2c2cc3ccccc3[nH]2)C1. The lowest BCUT2D eigenvalue weighted by atomic mass is 9.99. The quantitative estimate of drug-likeness (QED) is 0.733. The highest BCUT2D eigenvalue weighted by atomic mass is 16.5. The van der Waals surface area contributed by atoms with Gasteiger partial charge in [0.2, 0.25) is 5.91 Å². The number of aromatic amines is 1. The molecule has 0 bridgehead atoms. The number of ether oxygens (including phenoxy) is 1. The molecule has 0 aliphatic carbocycles. The van der Waals surface area contributed by atoms with Crippen molar-refractivity contribution in [1.82, 2.24) is 20.1 Å². The third-order valence-electron chi connectivity index (χ3n) is 6.24. The molecule has 2 atom stereocenters. The maximum Gasteiger partial charge on any atom is 0.234 e. The lowest BCUT2D eigenvalue weighted by Crippen LogP contribution is -2.50. The molecule has 3 heterocycles. The molecule has 2 aromatic rings. The Morgan fingerprint density at radius 1 is 1.27 bits per heavy atom. The first-order valence-corrected chi connectivity index (χ1v) is 11.5. The van der Waals surface area contributed by atoms with Crippen LogP contribution >= 0.6 is 0 Å². The van der Waals surface area contributed by atoms with Gasteiger partial charge in [0.15, 0.2) is 0 Å². The summed E-state index contributed by atoms with van der Waals surface area (Å²) in [7, 11) is 0. The number of nitrogens with zero attached hydrogens (tertiary/aromatic N) is 2. The van der Waals surface area contributed by atoms with Crippen molar-refractivity contribution in [2.24, 2.45) is 5.92 Å². The van der Waals surface area contributed by atoms with Gasteiger partial charge in [-0.05, 0) is 42.8 Å². The fourth-order valence-corrected chi connectivity index (χ4v) is 4.86. The van der Waals surface area contributed by atoms with E-state index in [-0.39, 0.29) is 18.1 Å². The highest BCUT2D eigenvalue weighted by Gasteiger charge is 2.27. The Labute approximate surface area is 179 Å². The largest absolute Gasteiger partial charge is 0.374 e. The Morgan fingerprint density at radius 2 is 2.13 bits per heavy atom. The molecule has 6 nitrogen and oxygen atoms in total. The van der Waals surface area contributed by atoms with Crippen molar-refractivity contribution >= 4 is 16.8 Å². The monoisotopic (exact) mass is 412 g/mol. The molecule has 2 saturated heterocycles. The van der Waals surface area contributed by atoms with E-state index in [1.54, 1.807) is 0 Å². The number of nitrogens with one attached hydrogen (secondary N) is 2. The first-order valence-electron chi connectivity index (χ1n) is 11.5. The summed E-state index contributed by atoms with van der Waals surface area (Å²) in [4.78, 5) is 21.1. The molecule has 1 amide bonds. The lowest BCUT2D eigenvalue weighted by Gasteiger charge is -2.35. The predicted molar refractivity (Wildman–Crippen MR) is 120 cm³/mol. The van der Waals surface area contributed by atoms with Crippen molar-refractivity contribution in [3.63, 3.8) is 0 Å². The highest BCUT2D eigenvalue weighted by molar-refractivity contribution is 5.80. The van der Waals surface area contributed by atoms with Crippen LogP contribution in [-0.2, 0) is 9.53 Å². The van der Waals surface area contributed by atoms with Gasteiger partial charge in [-0.15, -0.1) is 0 Å². The Hall–Kier alpha value is -1.89. The van der Waals surface area contributed by atoms with E-state index in [0.29, 0.717) is 19.0 Å². The molecule has 0 radical (unpaired) electrons. The number of fused-ring (bicyclic) bond motifs is 1.